The van der Waals surface area contributed by atoms with Crippen LogP contribution in [0.3, 0.4) is 0 Å². The number of methoxy groups -OCH3 is 1. The van der Waals surface area contributed by atoms with Crippen molar-refractivity contribution in [2.45, 2.75) is 6.54 Å². The summed E-state index contributed by atoms with van der Waals surface area (Å²) >= 11 is 1.21. The minimum Gasteiger partial charge on any atom is -0.496 e. The van der Waals surface area contributed by atoms with Crippen molar-refractivity contribution in [3.8, 4) is 18.1 Å². The molecule has 0 bridgehead atoms. The maximum atomic E-state index is 14.1. The lowest BCUT2D eigenvalue weighted by molar-refractivity contribution is 0.0995. The molecule has 0 aliphatic heterocycles. The molecule has 0 N–H and O–H groups in total. The lowest BCUT2D eigenvalue weighted by Crippen LogP contribution is -2.17. The molecule has 1 heterocycles. The normalized spacial score (nSPS) is 11.5. The highest BCUT2D eigenvalue weighted by Crippen LogP contribution is 2.21. The second kappa shape index (κ2) is 6.69. The Kier molecular flexibility index (Phi) is 4.45. The predicted octanol–water partition coefficient (Wildman–Crippen LogP) is 3.22. The third kappa shape index (κ3) is 2.82. The van der Waals surface area contributed by atoms with E-state index in [-0.39, 0.29) is 6.54 Å². The number of benzene rings is 2. The predicted molar refractivity (Wildman–Crippen MR) is 91.5 cm³/mol. The second-order valence-electron chi connectivity index (χ2n) is 4.88. The van der Waals surface area contributed by atoms with Crippen LogP contribution in [-0.2, 0) is 6.54 Å². The Hall–Kier alpha value is -2.91. The van der Waals surface area contributed by atoms with Gasteiger partial charge in [0.25, 0.3) is 5.91 Å². The number of carbonyl (C=O) groups excluding carboxylic acids is 1. The monoisotopic (exact) mass is 340 g/mol. The first-order chi connectivity index (χ1) is 11.7. The summed E-state index contributed by atoms with van der Waals surface area (Å²) in [6, 6.07) is 11.5. The summed E-state index contributed by atoms with van der Waals surface area (Å²) in [5.74, 6) is 2.04. The van der Waals surface area contributed by atoms with Gasteiger partial charge < -0.3 is 9.30 Å². The van der Waals surface area contributed by atoms with Crippen LogP contribution in [-0.4, -0.2) is 17.6 Å². The van der Waals surface area contributed by atoms with E-state index in [4.69, 9.17) is 11.2 Å². The van der Waals surface area contributed by atoms with E-state index in [1.807, 2.05) is 0 Å². The zero-order valence-electron chi connectivity index (χ0n) is 12.8. The molecule has 0 aliphatic carbocycles. The van der Waals surface area contributed by atoms with Gasteiger partial charge in [0.05, 0.1) is 29.4 Å². The van der Waals surface area contributed by atoms with Crippen LogP contribution in [0.4, 0.5) is 4.39 Å². The lowest BCUT2D eigenvalue weighted by atomic mass is 10.2. The van der Waals surface area contributed by atoms with Crippen LogP contribution in [0.25, 0.3) is 10.2 Å². The van der Waals surface area contributed by atoms with Crippen molar-refractivity contribution in [1.29, 1.82) is 0 Å². The molecular formula is C18H13FN2O2S. The third-order valence-electron chi connectivity index (χ3n) is 3.44. The molecule has 3 rings (SSSR count). The largest absolute Gasteiger partial charge is 0.496 e. The number of rotatable bonds is 3. The fourth-order valence-corrected chi connectivity index (χ4v) is 3.42. The van der Waals surface area contributed by atoms with Crippen LogP contribution in [0.2, 0.25) is 0 Å². The van der Waals surface area contributed by atoms with E-state index in [2.05, 4.69) is 10.9 Å². The Bertz CT molecular complexity index is 1030. The fraction of sp³-hybridized carbons (Fsp3) is 0.111. The summed E-state index contributed by atoms with van der Waals surface area (Å²) in [4.78, 5) is 17.0. The quantitative estimate of drug-likeness (QED) is 0.687. The van der Waals surface area contributed by atoms with Gasteiger partial charge >= 0.3 is 0 Å². The van der Waals surface area contributed by atoms with Gasteiger partial charge in [0.15, 0.2) is 4.80 Å². The van der Waals surface area contributed by atoms with Crippen molar-refractivity contribution in [2.24, 2.45) is 4.99 Å². The average molecular weight is 340 g/mol. The molecule has 0 unspecified atom stereocenters. The highest BCUT2D eigenvalue weighted by molar-refractivity contribution is 7.16. The van der Waals surface area contributed by atoms with Gasteiger partial charge in [-0.3, -0.25) is 4.79 Å². The van der Waals surface area contributed by atoms with E-state index < -0.39 is 11.7 Å². The third-order valence-corrected chi connectivity index (χ3v) is 4.48. The maximum Gasteiger partial charge on any atom is 0.283 e. The SMILES string of the molecule is C#CCn1c(=NC(=O)c2ccccc2OC)sc2cccc(F)c21. The minimum atomic E-state index is -0.467. The number of hydrogen-bond acceptors (Lipinski definition) is 3. The Morgan fingerprint density at radius 2 is 2.12 bits per heavy atom. The molecule has 0 atom stereocenters. The molecule has 4 nitrogen and oxygen atoms in total. The molecule has 120 valence electrons. The molecule has 3 aromatic rings. The number of nitrogens with zero attached hydrogens (tertiary/aromatic N) is 2. The number of aromatic nitrogens is 1. The van der Waals surface area contributed by atoms with E-state index in [0.29, 0.717) is 26.3 Å². The Morgan fingerprint density at radius 3 is 2.88 bits per heavy atom. The van der Waals surface area contributed by atoms with Gasteiger partial charge in [-0.1, -0.05) is 35.5 Å². The first-order valence-corrected chi connectivity index (χ1v) is 7.90. The topological polar surface area (TPSA) is 43.6 Å². The Balaban J connectivity index is 2.20. The van der Waals surface area contributed by atoms with Crippen LogP contribution in [0, 0.1) is 18.2 Å². The summed E-state index contributed by atoms with van der Waals surface area (Å²) in [6.45, 7) is 0.124. The lowest BCUT2D eigenvalue weighted by Gasteiger charge is -2.04. The number of thiazole rings is 1. The number of ether oxygens (including phenoxy) is 1. The van der Waals surface area contributed by atoms with E-state index in [1.165, 1.54) is 29.1 Å². The van der Waals surface area contributed by atoms with Gasteiger partial charge in [0.1, 0.15) is 11.6 Å². The van der Waals surface area contributed by atoms with Gasteiger partial charge in [0, 0.05) is 0 Å². The highest BCUT2D eigenvalue weighted by Gasteiger charge is 2.14. The molecule has 1 amide bonds. The summed E-state index contributed by atoms with van der Waals surface area (Å²) in [5.41, 5.74) is 0.692. The van der Waals surface area contributed by atoms with Crippen molar-refractivity contribution in [1.82, 2.24) is 4.57 Å². The molecule has 0 spiro atoms. The number of hydrogen-bond donors (Lipinski definition) is 0. The fourth-order valence-electron chi connectivity index (χ4n) is 2.38. The second-order valence-corrected chi connectivity index (χ2v) is 5.89. The van der Waals surface area contributed by atoms with Crippen LogP contribution < -0.4 is 9.54 Å². The molecular weight excluding hydrogens is 327 g/mol. The van der Waals surface area contributed by atoms with Crippen LogP contribution >= 0.6 is 11.3 Å². The number of amides is 1. The molecule has 24 heavy (non-hydrogen) atoms. The van der Waals surface area contributed by atoms with Crippen molar-refractivity contribution < 1.29 is 13.9 Å². The molecule has 0 radical (unpaired) electrons. The number of para-hydroxylation sites is 2. The molecule has 0 saturated heterocycles. The number of fused-ring (bicyclic) bond motifs is 1. The van der Waals surface area contributed by atoms with Gasteiger partial charge in [-0.25, -0.2) is 4.39 Å². The van der Waals surface area contributed by atoms with E-state index in [0.717, 1.165) is 0 Å². The molecule has 0 saturated carbocycles. The summed E-state index contributed by atoms with van der Waals surface area (Å²) < 4.78 is 21.5. The number of carbonyl (C=O) groups is 1. The molecule has 0 aliphatic rings. The molecule has 0 fully saturated rings. The van der Waals surface area contributed by atoms with Crippen LogP contribution in [0.1, 0.15) is 10.4 Å². The summed E-state index contributed by atoms with van der Waals surface area (Å²) in [5, 5.41) is 0. The standard InChI is InChI=1S/C18H13FN2O2S/c1-3-11-21-16-13(19)8-6-10-15(16)24-18(21)20-17(22)12-7-4-5-9-14(12)23-2/h1,4-10H,11H2,2H3. The van der Waals surface area contributed by atoms with E-state index in [9.17, 15) is 9.18 Å². The van der Waals surface area contributed by atoms with E-state index in [1.54, 1.807) is 36.4 Å². The van der Waals surface area contributed by atoms with Crippen molar-refractivity contribution in [3.63, 3.8) is 0 Å². The van der Waals surface area contributed by atoms with Crippen LogP contribution in [0.15, 0.2) is 47.5 Å². The molecule has 6 heteroatoms. The van der Waals surface area contributed by atoms with Gasteiger partial charge in [-0.2, -0.15) is 4.99 Å². The smallest absolute Gasteiger partial charge is 0.283 e. The number of halogens is 1. The summed E-state index contributed by atoms with van der Waals surface area (Å²) in [6.07, 6.45) is 5.38. The van der Waals surface area contributed by atoms with Crippen molar-refractivity contribution >= 4 is 27.5 Å². The Labute approximate surface area is 141 Å². The minimum absolute atomic E-state index is 0.124. The summed E-state index contributed by atoms with van der Waals surface area (Å²) in [7, 11) is 1.49. The number of terminal acetylenes is 1. The van der Waals surface area contributed by atoms with Gasteiger partial charge in [0.2, 0.25) is 0 Å². The van der Waals surface area contributed by atoms with Crippen molar-refractivity contribution in [3.05, 3.63) is 58.6 Å². The Morgan fingerprint density at radius 1 is 1.33 bits per heavy atom. The zero-order valence-corrected chi connectivity index (χ0v) is 13.6. The first-order valence-electron chi connectivity index (χ1n) is 7.09. The van der Waals surface area contributed by atoms with Crippen LogP contribution in [0.5, 0.6) is 5.75 Å². The van der Waals surface area contributed by atoms with Gasteiger partial charge in [-0.15, -0.1) is 6.42 Å². The molecule has 2 aromatic carbocycles. The van der Waals surface area contributed by atoms with Crippen molar-refractivity contribution in [2.75, 3.05) is 7.11 Å². The average Bonchev–Trinajstić information content (AvgIpc) is 2.94. The highest BCUT2D eigenvalue weighted by atomic mass is 32.1. The van der Waals surface area contributed by atoms with E-state index >= 15 is 0 Å². The maximum absolute atomic E-state index is 14.1. The zero-order chi connectivity index (χ0) is 17.1. The van der Waals surface area contributed by atoms with Gasteiger partial charge in [-0.05, 0) is 24.3 Å². The first kappa shape index (κ1) is 16.0. The molecule has 1 aromatic heterocycles.